The van der Waals surface area contributed by atoms with Crippen LogP contribution in [-0.4, -0.2) is 11.7 Å². The van der Waals surface area contributed by atoms with Crippen LogP contribution in [0.3, 0.4) is 0 Å². The summed E-state index contributed by atoms with van der Waals surface area (Å²) in [5, 5.41) is 8.62. The van der Waals surface area contributed by atoms with Gasteiger partial charge in [0, 0.05) is 6.61 Å². The molecule has 0 amide bonds. The zero-order chi connectivity index (χ0) is 11.9. The summed E-state index contributed by atoms with van der Waals surface area (Å²) >= 11 is 0. The number of allylic oxidation sites excluding steroid dienone is 2. The van der Waals surface area contributed by atoms with Gasteiger partial charge in [0.05, 0.1) is 0 Å². The number of aliphatic hydroxyl groups excluding tert-OH is 1. The van der Waals surface area contributed by atoms with Crippen LogP contribution in [0, 0.1) is 0 Å². The molecule has 1 heteroatoms. The van der Waals surface area contributed by atoms with Gasteiger partial charge in [0.1, 0.15) is 0 Å². The van der Waals surface area contributed by atoms with E-state index in [9.17, 15) is 0 Å². The van der Waals surface area contributed by atoms with Crippen molar-refractivity contribution in [2.24, 2.45) is 0 Å². The summed E-state index contributed by atoms with van der Waals surface area (Å²) in [7, 11) is 0. The Morgan fingerprint density at radius 2 is 1.12 bits per heavy atom. The third-order valence-electron chi connectivity index (χ3n) is 3.01. The lowest BCUT2D eigenvalue weighted by molar-refractivity contribution is 0.282. The molecule has 0 heterocycles. The van der Waals surface area contributed by atoms with E-state index < -0.39 is 0 Å². The summed E-state index contributed by atoms with van der Waals surface area (Å²) in [6.45, 7) is 2.46. The summed E-state index contributed by atoms with van der Waals surface area (Å²) in [6, 6.07) is 0. The Bertz CT molecular complexity index is 140. The van der Waals surface area contributed by atoms with Gasteiger partial charge in [-0.1, -0.05) is 63.5 Å². The van der Waals surface area contributed by atoms with Gasteiger partial charge in [0.2, 0.25) is 0 Å². The van der Waals surface area contributed by atoms with E-state index in [0.29, 0.717) is 6.61 Å². The Morgan fingerprint density at radius 3 is 1.56 bits per heavy atom. The van der Waals surface area contributed by atoms with Crippen molar-refractivity contribution in [1.82, 2.24) is 0 Å². The first kappa shape index (κ1) is 15.7. The van der Waals surface area contributed by atoms with E-state index in [0.717, 1.165) is 6.42 Å². The first-order valence-electron chi connectivity index (χ1n) is 7.14. The maximum absolute atomic E-state index is 8.62. The van der Waals surface area contributed by atoms with Gasteiger partial charge in [-0.15, -0.1) is 0 Å². The fraction of sp³-hybridized carbons (Fsp3) is 0.867. The molecular weight excluding hydrogens is 196 g/mol. The smallest absolute Gasteiger partial charge is 0.0431 e. The van der Waals surface area contributed by atoms with Crippen molar-refractivity contribution in [3.8, 4) is 0 Å². The van der Waals surface area contributed by atoms with Gasteiger partial charge in [0.25, 0.3) is 0 Å². The summed E-state index contributed by atoms with van der Waals surface area (Å²) in [5.41, 5.74) is 0. The van der Waals surface area contributed by atoms with Gasteiger partial charge < -0.3 is 5.11 Å². The lowest BCUT2D eigenvalue weighted by Crippen LogP contribution is -1.84. The molecule has 0 bridgehead atoms. The molecule has 0 atom stereocenters. The molecule has 0 fully saturated rings. The van der Waals surface area contributed by atoms with Crippen LogP contribution < -0.4 is 0 Å². The third kappa shape index (κ3) is 13.7. The zero-order valence-electron chi connectivity index (χ0n) is 11.1. The molecule has 0 aliphatic rings. The fourth-order valence-corrected chi connectivity index (χ4v) is 1.95. The predicted octanol–water partition coefficient (Wildman–Crippen LogP) is 4.85. The lowest BCUT2D eigenvalue weighted by atomic mass is 10.1. The van der Waals surface area contributed by atoms with E-state index >= 15 is 0 Å². The molecule has 0 rings (SSSR count). The van der Waals surface area contributed by atoms with Gasteiger partial charge in [-0.3, -0.25) is 0 Å². The number of rotatable bonds is 12. The van der Waals surface area contributed by atoms with Crippen LogP contribution in [0.15, 0.2) is 12.2 Å². The van der Waals surface area contributed by atoms with Crippen LogP contribution in [0.1, 0.15) is 77.6 Å². The Labute approximate surface area is 102 Å². The van der Waals surface area contributed by atoms with Crippen molar-refractivity contribution in [3.63, 3.8) is 0 Å². The van der Waals surface area contributed by atoms with E-state index in [1.165, 1.54) is 64.2 Å². The third-order valence-corrected chi connectivity index (χ3v) is 3.01. The molecule has 16 heavy (non-hydrogen) atoms. The Morgan fingerprint density at radius 1 is 0.688 bits per heavy atom. The maximum Gasteiger partial charge on any atom is 0.0431 e. The van der Waals surface area contributed by atoms with Crippen LogP contribution in [0.2, 0.25) is 0 Å². The average molecular weight is 226 g/mol. The number of aliphatic hydroxyl groups is 1. The first-order chi connectivity index (χ1) is 7.91. The minimum atomic E-state index is 0.367. The number of hydrogen-bond acceptors (Lipinski definition) is 1. The predicted molar refractivity (Wildman–Crippen MR) is 72.7 cm³/mol. The minimum Gasteiger partial charge on any atom is -0.396 e. The topological polar surface area (TPSA) is 20.2 Å². The second-order valence-corrected chi connectivity index (χ2v) is 4.62. The summed E-state index contributed by atoms with van der Waals surface area (Å²) in [5.74, 6) is 0. The van der Waals surface area contributed by atoms with Crippen LogP contribution in [0.25, 0.3) is 0 Å². The largest absolute Gasteiger partial charge is 0.396 e. The standard InChI is InChI=1S/C15H30O/c1-2-3-4-5-6-7-8-9-10-11-12-13-14-15-16/h2-3,16H,4-15H2,1H3. The van der Waals surface area contributed by atoms with Gasteiger partial charge in [-0.2, -0.15) is 0 Å². The molecule has 1 nitrogen and oxygen atoms in total. The van der Waals surface area contributed by atoms with Gasteiger partial charge in [0.15, 0.2) is 0 Å². The molecule has 0 saturated heterocycles. The van der Waals surface area contributed by atoms with Crippen molar-refractivity contribution < 1.29 is 5.11 Å². The van der Waals surface area contributed by atoms with E-state index in [4.69, 9.17) is 5.11 Å². The zero-order valence-corrected chi connectivity index (χ0v) is 11.1. The highest BCUT2D eigenvalue weighted by molar-refractivity contribution is 4.76. The molecular formula is C15H30O. The van der Waals surface area contributed by atoms with E-state index in [-0.39, 0.29) is 0 Å². The molecule has 0 aromatic carbocycles. The monoisotopic (exact) mass is 226 g/mol. The second-order valence-electron chi connectivity index (χ2n) is 4.62. The van der Waals surface area contributed by atoms with Crippen LogP contribution in [0.4, 0.5) is 0 Å². The highest BCUT2D eigenvalue weighted by Crippen LogP contribution is 2.11. The summed E-state index contributed by atoms with van der Waals surface area (Å²) in [6.07, 6.45) is 18.9. The SMILES string of the molecule is CC=CCCCCCCCCCCCCO. The van der Waals surface area contributed by atoms with Crippen LogP contribution >= 0.6 is 0 Å². The van der Waals surface area contributed by atoms with Crippen molar-refractivity contribution in [2.75, 3.05) is 6.61 Å². The highest BCUT2D eigenvalue weighted by atomic mass is 16.2. The Hall–Kier alpha value is -0.300. The lowest BCUT2D eigenvalue weighted by Gasteiger charge is -2.01. The van der Waals surface area contributed by atoms with Crippen LogP contribution in [0.5, 0.6) is 0 Å². The van der Waals surface area contributed by atoms with Crippen molar-refractivity contribution in [2.45, 2.75) is 77.6 Å². The Kier molecular flexibility index (Phi) is 14.4. The molecule has 0 aliphatic heterocycles. The molecule has 0 spiro atoms. The molecule has 0 aromatic rings. The van der Waals surface area contributed by atoms with E-state index in [1.807, 2.05) is 0 Å². The number of hydrogen-bond donors (Lipinski definition) is 1. The van der Waals surface area contributed by atoms with Gasteiger partial charge in [-0.05, 0) is 26.2 Å². The molecule has 0 aromatic heterocycles. The Balaban J connectivity index is 2.88. The molecule has 96 valence electrons. The fourth-order valence-electron chi connectivity index (χ4n) is 1.95. The molecule has 0 aliphatic carbocycles. The number of unbranched alkanes of at least 4 members (excludes halogenated alkanes) is 10. The van der Waals surface area contributed by atoms with Crippen molar-refractivity contribution in [3.05, 3.63) is 12.2 Å². The van der Waals surface area contributed by atoms with Crippen LogP contribution in [-0.2, 0) is 0 Å². The quantitative estimate of drug-likeness (QED) is 0.373. The van der Waals surface area contributed by atoms with Crippen molar-refractivity contribution in [1.29, 1.82) is 0 Å². The first-order valence-corrected chi connectivity index (χ1v) is 7.14. The van der Waals surface area contributed by atoms with Gasteiger partial charge >= 0.3 is 0 Å². The molecule has 0 unspecified atom stereocenters. The molecule has 0 saturated carbocycles. The highest BCUT2D eigenvalue weighted by Gasteiger charge is 1.92. The second kappa shape index (κ2) is 14.7. The average Bonchev–Trinajstić information content (AvgIpc) is 2.31. The molecule has 0 radical (unpaired) electrons. The van der Waals surface area contributed by atoms with E-state index in [2.05, 4.69) is 19.1 Å². The van der Waals surface area contributed by atoms with Crippen molar-refractivity contribution >= 4 is 0 Å². The molecule has 1 N–H and O–H groups in total. The maximum atomic E-state index is 8.62. The minimum absolute atomic E-state index is 0.367. The summed E-state index contributed by atoms with van der Waals surface area (Å²) in [4.78, 5) is 0. The van der Waals surface area contributed by atoms with Gasteiger partial charge in [-0.25, -0.2) is 0 Å². The summed E-state index contributed by atoms with van der Waals surface area (Å²) < 4.78 is 0. The normalized spacial score (nSPS) is 11.4. The van der Waals surface area contributed by atoms with E-state index in [1.54, 1.807) is 0 Å².